The van der Waals surface area contributed by atoms with Gasteiger partial charge in [-0.15, -0.1) is 11.3 Å². The minimum absolute atomic E-state index is 0.109. The first-order valence-corrected chi connectivity index (χ1v) is 8.54. The van der Waals surface area contributed by atoms with Gasteiger partial charge < -0.3 is 11.1 Å². The third-order valence-electron chi connectivity index (χ3n) is 3.52. The quantitative estimate of drug-likeness (QED) is 0.713. The minimum atomic E-state index is -0.495. The van der Waals surface area contributed by atoms with Gasteiger partial charge in [0.15, 0.2) is 0 Å². The second-order valence-corrected chi connectivity index (χ2v) is 6.23. The molecule has 0 fully saturated rings. The Morgan fingerprint density at radius 3 is 2.64 bits per heavy atom. The lowest BCUT2D eigenvalue weighted by molar-refractivity contribution is -0.116. The van der Waals surface area contributed by atoms with Gasteiger partial charge in [0, 0.05) is 41.0 Å². The molecule has 0 saturated heterocycles. The Morgan fingerprint density at radius 2 is 1.96 bits per heavy atom. The molecule has 3 aromatic rings. The van der Waals surface area contributed by atoms with Gasteiger partial charge in [0.2, 0.25) is 11.8 Å². The van der Waals surface area contributed by atoms with Gasteiger partial charge in [0.1, 0.15) is 5.01 Å². The number of anilines is 1. The summed E-state index contributed by atoms with van der Waals surface area (Å²) in [6.07, 6.45) is 4.37. The Balaban J connectivity index is 1.54. The normalized spacial score (nSPS) is 10.4. The van der Waals surface area contributed by atoms with Crippen molar-refractivity contribution in [3.63, 3.8) is 0 Å². The fraction of sp³-hybridized carbons (Fsp3) is 0.111. The zero-order valence-corrected chi connectivity index (χ0v) is 14.1. The van der Waals surface area contributed by atoms with Crippen LogP contribution in [-0.4, -0.2) is 21.8 Å². The predicted octanol–water partition coefficient (Wildman–Crippen LogP) is 2.88. The maximum Gasteiger partial charge on any atom is 0.248 e. The first kappa shape index (κ1) is 16.8. The molecular formula is C18H16N4O2S. The van der Waals surface area contributed by atoms with Crippen LogP contribution in [0, 0.1) is 0 Å². The summed E-state index contributed by atoms with van der Waals surface area (Å²) in [5, 5.41) is 5.64. The number of hydrogen-bond donors (Lipinski definition) is 2. The van der Waals surface area contributed by atoms with Gasteiger partial charge in [0.05, 0.1) is 5.69 Å². The highest BCUT2D eigenvalue weighted by Crippen LogP contribution is 2.23. The molecule has 0 spiro atoms. The van der Waals surface area contributed by atoms with Crippen LogP contribution < -0.4 is 11.1 Å². The average molecular weight is 352 g/mol. The Hall–Kier alpha value is -3.06. The molecule has 6 nitrogen and oxygen atoms in total. The Morgan fingerprint density at radius 1 is 1.16 bits per heavy atom. The molecule has 0 radical (unpaired) electrons. The van der Waals surface area contributed by atoms with E-state index in [1.54, 1.807) is 36.7 Å². The molecule has 0 atom stereocenters. The van der Waals surface area contributed by atoms with Crippen LogP contribution >= 0.6 is 11.3 Å². The van der Waals surface area contributed by atoms with E-state index in [1.807, 2.05) is 17.5 Å². The number of nitrogens with one attached hydrogen (secondary N) is 1. The minimum Gasteiger partial charge on any atom is -0.366 e. The molecule has 3 N–H and O–H groups in total. The zero-order valence-electron chi connectivity index (χ0n) is 13.3. The van der Waals surface area contributed by atoms with Crippen LogP contribution in [0.1, 0.15) is 22.5 Å². The van der Waals surface area contributed by atoms with Crippen molar-refractivity contribution < 1.29 is 9.59 Å². The van der Waals surface area contributed by atoms with Crippen molar-refractivity contribution in [2.75, 3.05) is 5.32 Å². The standard InChI is InChI=1S/C18H16N4O2S/c19-17(24)12-3-5-14(6-4-12)21-16(23)8-7-15-11-25-18(22-15)13-2-1-9-20-10-13/h1-6,9-11H,7-8H2,(H2,19,24)(H,21,23). The van der Waals surface area contributed by atoms with E-state index < -0.39 is 5.91 Å². The summed E-state index contributed by atoms with van der Waals surface area (Å²) in [6.45, 7) is 0. The van der Waals surface area contributed by atoms with Crippen molar-refractivity contribution in [3.05, 3.63) is 65.4 Å². The number of benzene rings is 1. The summed E-state index contributed by atoms with van der Waals surface area (Å²) in [5.41, 5.74) is 8.07. The summed E-state index contributed by atoms with van der Waals surface area (Å²) in [4.78, 5) is 31.7. The highest BCUT2D eigenvalue weighted by atomic mass is 32.1. The lowest BCUT2D eigenvalue weighted by Crippen LogP contribution is -2.13. The molecule has 0 aliphatic rings. The van der Waals surface area contributed by atoms with E-state index in [0.717, 1.165) is 16.3 Å². The fourth-order valence-electron chi connectivity index (χ4n) is 2.23. The number of pyridine rings is 1. The Kier molecular flexibility index (Phi) is 5.15. The summed E-state index contributed by atoms with van der Waals surface area (Å²) in [6, 6.07) is 10.3. The topological polar surface area (TPSA) is 98.0 Å². The number of aromatic nitrogens is 2. The second-order valence-electron chi connectivity index (χ2n) is 5.38. The number of carbonyl (C=O) groups is 2. The van der Waals surface area contributed by atoms with Crippen molar-refractivity contribution in [1.82, 2.24) is 9.97 Å². The van der Waals surface area contributed by atoms with Crippen LogP contribution in [0.15, 0.2) is 54.2 Å². The summed E-state index contributed by atoms with van der Waals surface area (Å²) in [7, 11) is 0. The predicted molar refractivity (Wildman–Crippen MR) is 97.3 cm³/mol. The number of primary amides is 1. The van der Waals surface area contributed by atoms with E-state index in [-0.39, 0.29) is 5.91 Å². The van der Waals surface area contributed by atoms with Crippen molar-refractivity contribution in [1.29, 1.82) is 0 Å². The smallest absolute Gasteiger partial charge is 0.248 e. The lowest BCUT2D eigenvalue weighted by atomic mass is 10.2. The lowest BCUT2D eigenvalue weighted by Gasteiger charge is -2.05. The van der Waals surface area contributed by atoms with E-state index in [4.69, 9.17) is 5.73 Å². The highest BCUT2D eigenvalue weighted by Gasteiger charge is 2.08. The van der Waals surface area contributed by atoms with Crippen LogP contribution in [0.2, 0.25) is 0 Å². The maximum absolute atomic E-state index is 12.0. The molecule has 0 unspecified atom stereocenters. The van der Waals surface area contributed by atoms with Crippen LogP contribution in [0.5, 0.6) is 0 Å². The number of nitrogens with zero attached hydrogens (tertiary/aromatic N) is 2. The van der Waals surface area contributed by atoms with Crippen LogP contribution in [0.25, 0.3) is 10.6 Å². The molecule has 0 saturated carbocycles. The van der Waals surface area contributed by atoms with Crippen molar-refractivity contribution >= 4 is 28.8 Å². The molecule has 2 heterocycles. The van der Waals surface area contributed by atoms with Gasteiger partial charge in [-0.2, -0.15) is 0 Å². The number of aryl methyl sites for hydroxylation is 1. The summed E-state index contributed by atoms with van der Waals surface area (Å²) < 4.78 is 0. The van der Waals surface area contributed by atoms with Gasteiger partial charge in [-0.25, -0.2) is 4.98 Å². The fourth-order valence-corrected chi connectivity index (χ4v) is 3.07. The van der Waals surface area contributed by atoms with Crippen molar-refractivity contribution in [2.24, 2.45) is 5.73 Å². The number of amides is 2. The molecule has 3 rings (SSSR count). The third kappa shape index (κ3) is 4.48. The molecule has 7 heteroatoms. The van der Waals surface area contributed by atoms with Gasteiger partial charge >= 0.3 is 0 Å². The van der Waals surface area contributed by atoms with Crippen LogP contribution in [-0.2, 0) is 11.2 Å². The molecule has 0 aliphatic carbocycles. The van der Waals surface area contributed by atoms with E-state index >= 15 is 0 Å². The van der Waals surface area contributed by atoms with Crippen molar-refractivity contribution in [2.45, 2.75) is 12.8 Å². The Bertz CT molecular complexity index is 876. The van der Waals surface area contributed by atoms with E-state index in [9.17, 15) is 9.59 Å². The van der Waals surface area contributed by atoms with Crippen molar-refractivity contribution in [3.8, 4) is 10.6 Å². The molecule has 2 aromatic heterocycles. The van der Waals surface area contributed by atoms with Gasteiger partial charge in [0.25, 0.3) is 0 Å². The molecule has 0 aliphatic heterocycles. The third-order valence-corrected chi connectivity index (χ3v) is 4.46. The zero-order chi connectivity index (χ0) is 17.6. The number of carbonyl (C=O) groups excluding carboxylic acids is 2. The summed E-state index contributed by atoms with van der Waals surface area (Å²) in [5.74, 6) is -0.603. The maximum atomic E-state index is 12.0. The monoisotopic (exact) mass is 352 g/mol. The van der Waals surface area contributed by atoms with E-state index in [2.05, 4.69) is 15.3 Å². The number of nitrogens with two attached hydrogens (primary N) is 1. The van der Waals surface area contributed by atoms with Gasteiger partial charge in [-0.1, -0.05) is 0 Å². The first-order chi connectivity index (χ1) is 12.1. The molecular weight excluding hydrogens is 336 g/mol. The number of thiazole rings is 1. The number of rotatable bonds is 6. The Labute approximate surface area is 148 Å². The largest absolute Gasteiger partial charge is 0.366 e. The van der Waals surface area contributed by atoms with E-state index in [1.165, 1.54) is 11.3 Å². The summed E-state index contributed by atoms with van der Waals surface area (Å²) >= 11 is 1.54. The number of hydrogen-bond acceptors (Lipinski definition) is 5. The first-order valence-electron chi connectivity index (χ1n) is 7.66. The van der Waals surface area contributed by atoms with Gasteiger partial charge in [-0.05, 0) is 42.8 Å². The molecule has 126 valence electrons. The molecule has 2 amide bonds. The molecule has 1 aromatic carbocycles. The molecule has 25 heavy (non-hydrogen) atoms. The van der Waals surface area contributed by atoms with E-state index in [0.29, 0.717) is 24.1 Å². The highest BCUT2D eigenvalue weighted by molar-refractivity contribution is 7.13. The molecule has 0 bridgehead atoms. The second kappa shape index (κ2) is 7.67. The van der Waals surface area contributed by atoms with Crippen LogP contribution in [0.4, 0.5) is 5.69 Å². The SMILES string of the molecule is NC(=O)c1ccc(NC(=O)CCc2csc(-c3cccnc3)n2)cc1. The van der Waals surface area contributed by atoms with Crippen LogP contribution in [0.3, 0.4) is 0 Å². The van der Waals surface area contributed by atoms with Gasteiger partial charge in [-0.3, -0.25) is 14.6 Å². The average Bonchev–Trinajstić information content (AvgIpc) is 3.10.